The van der Waals surface area contributed by atoms with Crippen molar-refractivity contribution >= 4 is 0 Å². The molecule has 0 aliphatic carbocycles. The summed E-state index contributed by atoms with van der Waals surface area (Å²) in [5.41, 5.74) is 2.95. The summed E-state index contributed by atoms with van der Waals surface area (Å²) in [5, 5.41) is 0. The van der Waals surface area contributed by atoms with Crippen molar-refractivity contribution in [3.05, 3.63) is 23.3 Å². The van der Waals surface area contributed by atoms with Crippen LogP contribution in [0.4, 0.5) is 0 Å². The van der Waals surface area contributed by atoms with Crippen molar-refractivity contribution in [3.8, 4) is 12.3 Å². The molecule has 0 fully saturated rings. The van der Waals surface area contributed by atoms with Crippen LogP contribution in [-0.4, -0.2) is 0 Å². The fourth-order valence-electron chi connectivity index (χ4n) is 1.19. The maximum absolute atomic E-state index is 5.18. The predicted molar refractivity (Wildman–Crippen MR) is 65.1 cm³/mol. The van der Waals surface area contributed by atoms with E-state index in [1.54, 1.807) is 0 Å². The monoisotopic (exact) mass is 190 g/mol. The number of allylic oxidation sites excluding steroid dienone is 4. The second kappa shape index (κ2) is 8.63. The Morgan fingerprint density at radius 1 is 1.14 bits per heavy atom. The Bertz CT molecular complexity index is 235. The quantitative estimate of drug-likeness (QED) is 0.329. The van der Waals surface area contributed by atoms with Crippen LogP contribution in [0.15, 0.2) is 23.3 Å². The van der Waals surface area contributed by atoms with Gasteiger partial charge in [0.25, 0.3) is 0 Å². The minimum atomic E-state index is 0.862. The van der Waals surface area contributed by atoms with Crippen molar-refractivity contribution in [1.82, 2.24) is 0 Å². The molecule has 0 aliphatic rings. The van der Waals surface area contributed by atoms with Crippen LogP contribution in [-0.2, 0) is 0 Å². The third kappa shape index (κ3) is 7.68. The SMILES string of the molecule is C#CCC/C=C(\C)CC/C=C(\C)CC. The first-order valence-electron chi connectivity index (χ1n) is 5.45. The summed E-state index contributed by atoms with van der Waals surface area (Å²) in [7, 11) is 0. The summed E-state index contributed by atoms with van der Waals surface area (Å²) in [6.07, 6.45) is 15.2. The van der Waals surface area contributed by atoms with Crippen LogP contribution in [0.2, 0.25) is 0 Å². The van der Waals surface area contributed by atoms with Gasteiger partial charge >= 0.3 is 0 Å². The molecule has 0 saturated heterocycles. The van der Waals surface area contributed by atoms with Crippen molar-refractivity contribution in [1.29, 1.82) is 0 Å². The van der Waals surface area contributed by atoms with E-state index in [1.807, 2.05) is 0 Å². The Morgan fingerprint density at radius 3 is 2.36 bits per heavy atom. The Morgan fingerprint density at radius 2 is 1.79 bits per heavy atom. The molecule has 0 N–H and O–H groups in total. The number of rotatable bonds is 6. The fraction of sp³-hybridized carbons (Fsp3) is 0.571. The smallest absolute Gasteiger partial charge is 0.0121 e. The van der Waals surface area contributed by atoms with Gasteiger partial charge in [-0.25, -0.2) is 0 Å². The van der Waals surface area contributed by atoms with Gasteiger partial charge in [0.15, 0.2) is 0 Å². The van der Waals surface area contributed by atoms with Crippen LogP contribution in [0.25, 0.3) is 0 Å². The first-order chi connectivity index (χ1) is 6.70. The molecule has 78 valence electrons. The summed E-state index contributed by atoms with van der Waals surface area (Å²) in [4.78, 5) is 0. The van der Waals surface area contributed by atoms with Gasteiger partial charge in [0.1, 0.15) is 0 Å². The van der Waals surface area contributed by atoms with E-state index in [2.05, 4.69) is 38.8 Å². The first-order valence-corrected chi connectivity index (χ1v) is 5.45. The molecule has 0 radical (unpaired) electrons. The van der Waals surface area contributed by atoms with Crippen LogP contribution in [0.3, 0.4) is 0 Å². The maximum Gasteiger partial charge on any atom is 0.0121 e. The first kappa shape index (κ1) is 13.0. The summed E-state index contributed by atoms with van der Waals surface area (Å²) in [6.45, 7) is 6.57. The van der Waals surface area contributed by atoms with Gasteiger partial charge in [-0.3, -0.25) is 0 Å². The zero-order chi connectivity index (χ0) is 10.8. The van der Waals surface area contributed by atoms with E-state index in [4.69, 9.17) is 6.42 Å². The lowest BCUT2D eigenvalue weighted by Gasteiger charge is -1.99. The molecule has 0 rings (SSSR count). The van der Waals surface area contributed by atoms with Crippen LogP contribution < -0.4 is 0 Å². The summed E-state index contributed by atoms with van der Waals surface area (Å²) >= 11 is 0. The van der Waals surface area contributed by atoms with E-state index in [9.17, 15) is 0 Å². The molecule has 0 amide bonds. The Labute approximate surface area is 89.1 Å². The standard InChI is InChI=1S/C14H22/c1-5-7-8-10-14(4)12-9-11-13(3)6-2/h1,10-11H,6-9,12H2,2-4H3/b13-11+,14-10+. The van der Waals surface area contributed by atoms with E-state index < -0.39 is 0 Å². The molecular formula is C14H22. The molecule has 0 aromatic rings. The average molecular weight is 190 g/mol. The van der Waals surface area contributed by atoms with Gasteiger partial charge in [-0.1, -0.05) is 30.2 Å². The van der Waals surface area contributed by atoms with E-state index in [-0.39, 0.29) is 0 Å². The lowest BCUT2D eigenvalue weighted by Crippen LogP contribution is -1.78. The molecule has 0 heterocycles. The Hall–Kier alpha value is -0.960. The van der Waals surface area contributed by atoms with E-state index >= 15 is 0 Å². The second-order valence-corrected chi connectivity index (χ2v) is 3.74. The zero-order valence-corrected chi connectivity index (χ0v) is 9.77. The molecule has 0 atom stereocenters. The predicted octanol–water partition coefficient (Wildman–Crippen LogP) is 4.48. The van der Waals surface area contributed by atoms with Crippen LogP contribution >= 0.6 is 0 Å². The van der Waals surface area contributed by atoms with E-state index in [0.29, 0.717) is 0 Å². The highest BCUT2D eigenvalue weighted by Gasteiger charge is 1.89. The minimum absolute atomic E-state index is 0.862. The molecule has 0 heteroatoms. The molecule has 0 bridgehead atoms. The molecule has 0 saturated carbocycles. The van der Waals surface area contributed by atoms with Crippen molar-refractivity contribution in [2.24, 2.45) is 0 Å². The van der Waals surface area contributed by atoms with Gasteiger partial charge in [-0.15, -0.1) is 12.3 Å². The zero-order valence-electron chi connectivity index (χ0n) is 9.77. The molecule has 14 heavy (non-hydrogen) atoms. The summed E-state index contributed by atoms with van der Waals surface area (Å²) < 4.78 is 0. The Kier molecular flexibility index (Phi) is 8.04. The number of hydrogen-bond donors (Lipinski definition) is 0. The Balaban J connectivity index is 3.68. The molecule has 0 unspecified atom stereocenters. The molecule has 0 aliphatic heterocycles. The largest absolute Gasteiger partial charge is 0.120 e. The van der Waals surface area contributed by atoms with Crippen molar-refractivity contribution in [3.63, 3.8) is 0 Å². The maximum atomic E-state index is 5.18. The molecular weight excluding hydrogens is 168 g/mol. The fourth-order valence-corrected chi connectivity index (χ4v) is 1.19. The van der Waals surface area contributed by atoms with Crippen LogP contribution in [0.1, 0.15) is 52.9 Å². The van der Waals surface area contributed by atoms with Crippen molar-refractivity contribution in [2.45, 2.75) is 52.9 Å². The van der Waals surface area contributed by atoms with Crippen molar-refractivity contribution in [2.75, 3.05) is 0 Å². The van der Waals surface area contributed by atoms with Gasteiger partial charge in [0.05, 0.1) is 0 Å². The highest BCUT2D eigenvalue weighted by molar-refractivity contribution is 5.04. The lowest BCUT2D eigenvalue weighted by molar-refractivity contribution is 0.931. The van der Waals surface area contributed by atoms with E-state index in [0.717, 1.165) is 19.3 Å². The highest BCUT2D eigenvalue weighted by Crippen LogP contribution is 2.09. The molecule has 0 aromatic heterocycles. The van der Waals surface area contributed by atoms with Crippen molar-refractivity contribution < 1.29 is 0 Å². The van der Waals surface area contributed by atoms with Gasteiger partial charge in [0.2, 0.25) is 0 Å². The topological polar surface area (TPSA) is 0 Å². The third-order valence-electron chi connectivity index (χ3n) is 2.37. The molecule has 0 nitrogen and oxygen atoms in total. The van der Waals surface area contributed by atoms with Gasteiger partial charge < -0.3 is 0 Å². The van der Waals surface area contributed by atoms with Crippen LogP contribution in [0.5, 0.6) is 0 Å². The third-order valence-corrected chi connectivity index (χ3v) is 2.37. The minimum Gasteiger partial charge on any atom is -0.120 e. The normalized spacial score (nSPS) is 12.7. The highest BCUT2D eigenvalue weighted by atomic mass is 14.0. The lowest BCUT2D eigenvalue weighted by atomic mass is 10.1. The molecule has 0 aromatic carbocycles. The number of terminal acetylenes is 1. The molecule has 0 spiro atoms. The summed E-state index contributed by atoms with van der Waals surface area (Å²) in [5.74, 6) is 2.65. The summed E-state index contributed by atoms with van der Waals surface area (Å²) in [6, 6.07) is 0. The number of unbranched alkanes of at least 4 members (excludes halogenated alkanes) is 1. The second-order valence-electron chi connectivity index (χ2n) is 3.74. The van der Waals surface area contributed by atoms with E-state index in [1.165, 1.54) is 24.0 Å². The van der Waals surface area contributed by atoms with Gasteiger partial charge in [0, 0.05) is 6.42 Å². The van der Waals surface area contributed by atoms with Gasteiger partial charge in [-0.2, -0.15) is 0 Å². The van der Waals surface area contributed by atoms with Gasteiger partial charge in [-0.05, 0) is 39.5 Å². The number of hydrogen-bond acceptors (Lipinski definition) is 0. The average Bonchev–Trinajstić information content (AvgIpc) is 2.18. The van der Waals surface area contributed by atoms with Crippen LogP contribution in [0, 0.1) is 12.3 Å².